The van der Waals surface area contributed by atoms with E-state index in [0.29, 0.717) is 47.8 Å². The SMILES string of the molecule is COc1cc2c(c(OC)c1OC)-c1ccc(NC(CC(C)C)C(=O)Nc3ccccc3)c(=O)cc1C(NC(C)=O)CC2. The summed E-state index contributed by atoms with van der Waals surface area (Å²) >= 11 is 0. The molecule has 0 fully saturated rings. The number of benzene rings is 2. The first-order valence-corrected chi connectivity index (χ1v) is 14.1. The third-order valence-electron chi connectivity index (χ3n) is 7.31. The van der Waals surface area contributed by atoms with Gasteiger partial charge in [-0.15, -0.1) is 0 Å². The zero-order valence-electron chi connectivity index (χ0n) is 25.0. The molecule has 0 saturated carbocycles. The van der Waals surface area contributed by atoms with Gasteiger partial charge >= 0.3 is 0 Å². The van der Waals surface area contributed by atoms with E-state index in [0.717, 1.165) is 16.7 Å². The highest BCUT2D eigenvalue weighted by Gasteiger charge is 2.30. The number of rotatable bonds is 10. The largest absolute Gasteiger partial charge is 0.493 e. The quantitative estimate of drug-likeness (QED) is 0.300. The van der Waals surface area contributed by atoms with Crippen LogP contribution in [0, 0.1) is 5.92 Å². The lowest BCUT2D eigenvalue weighted by molar-refractivity contribution is -0.120. The number of nitrogens with one attached hydrogen (secondary N) is 3. The molecule has 1 aliphatic carbocycles. The van der Waals surface area contributed by atoms with Crippen LogP contribution in [-0.4, -0.2) is 39.2 Å². The van der Waals surface area contributed by atoms with Crippen molar-refractivity contribution in [2.45, 2.75) is 52.1 Å². The second kappa shape index (κ2) is 13.4. The monoisotopic (exact) mass is 573 g/mol. The van der Waals surface area contributed by atoms with E-state index in [-0.39, 0.29) is 28.8 Å². The number of hydrogen-bond donors (Lipinski definition) is 3. The summed E-state index contributed by atoms with van der Waals surface area (Å²) in [6.07, 6.45) is 1.67. The molecule has 0 heterocycles. The Morgan fingerprint density at radius 2 is 1.67 bits per heavy atom. The smallest absolute Gasteiger partial charge is 0.246 e. The lowest BCUT2D eigenvalue weighted by Crippen LogP contribution is -2.37. The molecule has 0 aliphatic heterocycles. The van der Waals surface area contributed by atoms with Gasteiger partial charge in [0, 0.05) is 18.2 Å². The first-order valence-electron chi connectivity index (χ1n) is 14.1. The van der Waals surface area contributed by atoms with Crippen molar-refractivity contribution in [3.63, 3.8) is 0 Å². The predicted molar refractivity (Wildman–Crippen MR) is 165 cm³/mol. The average molecular weight is 574 g/mol. The number of amides is 2. The molecule has 1 aliphatic rings. The van der Waals surface area contributed by atoms with Gasteiger partial charge in [-0.1, -0.05) is 38.1 Å². The Balaban J connectivity index is 1.86. The standard InChI is InChI=1S/C33H39N3O6/c1-19(2)16-27(33(39)35-22-10-8-7-9-11-22)36-26-15-13-23-24(18-28(26)38)25(34-20(3)37)14-12-21-17-29(40-4)31(41-5)32(42-6)30(21)23/h7-11,13,15,17-19,25,27H,12,14,16H2,1-6H3,(H,34,37)(H,35,39)(H,36,38). The number of methoxy groups -OCH3 is 3. The van der Waals surface area contributed by atoms with Gasteiger partial charge in [-0.05, 0) is 72.2 Å². The summed E-state index contributed by atoms with van der Waals surface area (Å²) < 4.78 is 17.1. The summed E-state index contributed by atoms with van der Waals surface area (Å²) in [7, 11) is 4.67. The molecule has 2 amide bonds. The second-order valence-corrected chi connectivity index (χ2v) is 10.8. The highest BCUT2D eigenvalue weighted by Crippen LogP contribution is 2.50. The van der Waals surface area contributed by atoms with E-state index < -0.39 is 12.1 Å². The molecule has 3 N–H and O–H groups in total. The Bertz CT molecular complexity index is 1510. The molecule has 9 heteroatoms. The van der Waals surface area contributed by atoms with Crippen LogP contribution in [0.5, 0.6) is 17.2 Å². The van der Waals surface area contributed by atoms with E-state index in [1.165, 1.54) is 6.92 Å². The van der Waals surface area contributed by atoms with Gasteiger partial charge in [0.1, 0.15) is 6.04 Å². The van der Waals surface area contributed by atoms with Crippen LogP contribution in [0.15, 0.2) is 59.4 Å². The van der Waals surface area contributed by atoms with Crippen LogP contribution in [0.4, 0.5) is 11.4 Å². The van der Waals surface area contributed by atoms with Gasteiger partial charge in [-0.2, -0.15) is 0 Å². The fraction of sp³-hybridized carbons (Fsp3) is 0.364. The molecule has 2 atom stereocenters. The topological polar surface area (TPSA) is 115 Å². The van der Waals surface area contributed by atoms with Crippen LogP contribution in [-0.2, 0) is 16.0 Å². The first-order chi connectivity index (χ1) is 20.2. The number of fused-ring (bicyclic) bond motifs is 3. The lowest BCUT2D eigenvalue weighted by atomic mass is 9.95. The average Bonchev–Trinajstić information content (AvgIpc) is 3.20. The van der Waals surface area contributed by atoms with Crippen LogP contribution in [0.2, 0.25) is 0 Å². The Labute approximate surface area is 246 Å². The molecule has 0 spiro atoms. The summed E-state index contributed by atoms with van der Waals surface area (Å²) in [5.41, 5.74) is 3.74. The van der Waals surface area contributed by atoms with Crippen molar-refractivity contribution in [2.24, 2.45) is 5.92 Å². The van der Waals surface area contributed by atoms with Gasteiger partial charge in [0.2, 0.25) is 23.0 Å². The molecule has 4 rings (SSSR count). The maximum Gasteiger partial charge on any atom is 0.246 e. The molecular formula is C33H39N3O6. The van der Waals surface area contributed by atoms with E-state index in [1.54, 1.807) is 33.5 Å². The highest BCUT2D eigenvalue weighted by atomic mass is 16.5. The zero-order chi connectivity index (χ0) is 30.4. The molecule has 0 aromatic heterocycles. The van der Waals surface area contributed by atoms with Gasteiger partial charge in [0.25, 0.3) is 0 Å². The minimum Gasteiger partial charge on any atom is -0.493 e. The molecule has 2 unspecified atom stereocenters. The Morgan fingerprint density at radius 1 is 0.952 bits per heavy atom. The van der Waals surface area contributed by atoms with Crippen LogP contribution < -0.4 is 35.6 Å². The van der Waals surface area contributed by atoms with Crippen molar-refractivity contribution in [2.75, 3.05) is 32.0 Å². The number of carbonyl (C=O) groups excluding carboxylic acids is 2. The molecule has 3 aromatic carbocycles. The fourth-order valence-electron chi connectivity index (χ4n) is 5.47. The van der Waals surface area contributed by atoms with Crippen molar-refractivity contribution in [1.82, 2.24) is 5.32 Å². The Morgan fingerprint density at radius 3 is 2.29 bits per heavy atom. The molecule has 222 valence electrons. The summed E-state index contributed by atoms with van der Waals surface area (Å²) in [6.45, 7) is 5.51. The number of para-hydroxylation sites is 1. The third kappa shape index (κ3) is 6.67. The predicted octanol–water partition coefficient (Wildman–Crippen LogP) is 5.33. The number of carbonyl (C=O) groups is 2. The Hall–Kier alpha value is -4.53. The normalized spacial score (nSPS) is 14.5. The van der Waals surface area contributed by atoms with Crippen LogP contribution in [0.25, 0.3) is 11.1 Å². The number of ether oxygens (including phenoxy) is 3. The second-order valence-electron chi connectivity index (χ2n) is 10.8. The van der Waals surface area contributed by atoms with E-state index >= 15 is 0 Å². The molecular weight excluding hydrogens is 534 g/mol. The molecule has 9 nitrogen and oxygen atoms in total. The van der Waals surface area contributed by atoms with Gasteiger partial charge < -0.3 is 30.2 Å². The van der Waals surface area contributed by atoms with Gasteiger partial charge in [-0.3, -0.25) is 14.4 Å². The van der Waals surface area contributed by atoms with Crippen molar-refractivity contribution in [3.05, 3.63) is 75.9 Å². The maximum atomic E-state index is 13.7. The minimum absolute atomic E-state index is 0.191. The number of aryl methyl sites for hydroxylation is 1. The Kier molecular flexibility index (Phi) is 9.72. The molecule has 0 bridgehead atoms. The summed E-state index contributed by atoms with van der Waals surface area (Å²) in [4.78, 5) is 39.3. The number of anilines is 2. The molecule has 0 radical (unpaired) electrons. The van der Waals surface area contributed by atoms with Gasteiger partial charge in [0.05, 0.1) is 33.1 Å². The molecule has 3 aromatic rings. The van der Waals surface area contributed by atoms with E-state index in [1.807, 2.05) is 56.3 Å². The van der Waals surface area contributed by atoms with Crippen molar-refractivity contribution in [3.8, 4) is 28.4 Å². The highest BCUT2D eigenvalue weighted by molar-refractivity contribution is 5.96. The minimum atomic E-state index is -0.655. The first kappa shape index (κ1) is 30.4. The fourth-order valence-corrected chi connectivity index (χ4v) is 5.47. The summed E-state index contributed by atoms with van der Waals surface area (Å²) in [6, 6.07) is 15.1. The van der Waals surface area contributed by atoms with Gasteiger partial charge in [-0.25, -0.2) is 0 Å². The van der Waals surface area contributed by atoms with Crippen LogP contribution in [0.1, 0.15) is 50.8 Å². The summed E-state index contributed by atoms with van der Waals surface area (Å²) in [5, 5.41) is 9.18. The van der Waals surface area contributed by atoms with Crippen molar-refractivity contribution < 1.29 is 23.8 Å². The van der Waals surface area contributed by atoms with E-state index in [4.69, 9.17) is 14.2 Å². The van der Waals surface area contributed by atoms with Crippen LogP contribution in [0.3, 0.4) is 0 Å². The zero-order valence-corrected chi connectivity index (χ0v) is 25.0. The van der Waals surface area contributed by atoms with Crippen molar-refractivity contribution in [1.29, 1.82) is 0 Å². The molecule has 0 saturated heterocycles. The maximum absolute atomic E-state index is 13.7. The lowest BCUT2D eigenvalue weighted by Gasteiger charge is -2.20. The van der Waals surface area contributed by atoms with Crippen molar-refractivity contribution >= 4 is 23.2 Å². The number of hydrogen-bond acceptors (Lipinski definition) is 7. The third-order valence-corrected chi connectivity index (χ3v) is 7.31. The van der Waals surface area contributed by atoms with E-state index in [2.05, 4.69) is 16.0 Å². The summed E-state index contributed by atoms with van der Waals surface area (Å²) in [5.74, 6) is 1.19. The van der Waals surface area contributed by atoms with E-state index in [9.17, 15) is 14.4 Å². The van der Waals surface area contributed by atoms with Crippen LogP contribution >= 0.6 is 0 Å². The van der Waals surface area contributed by atoms with Gasteiger partial charge in [0.15, 0.2) is 11.5 Å². The molecule has 42 heavy (non-hydrogen) atoms.